The first-order chi connectivity index (χ1) is 13.5. The summed E-state index contributed by atoms with van der Waals surface area (Å²) in [7, 11) is 0. The molecule has 8 heteroatoms. The molecule has 1 saturated heterocycles. The molecule has 0 bridgehead atoms. The number of benzene rings is 1. The van der Waals surface area contributed by atoms with Crippen molar-refractivity contribution in [3.63, 3.8) is 0 Å². The van der Waals surface area contributed by atoms with Gasteiger partial charge in [-0.2, -0.15) is 0 Å². The van der Waals surface area contributed by atoms with Gasteiger partial charge in [-0.3, -0.25) is 9.59 Å². The number of nitrogens with zero attached hydrogens (tertiary/aromatic N) is 1. The fraction of sp³-hybridized carbons (Fsp3) is 0.550. The van der Waals surface area contributed by atoms with Crippen molar-refractivity contribution in [3.8, 4) is 0 Å². The van der Waals surface area contributed by atoms with Gasteiger partial charge in [-0.05, 0) is 55.9 Å². The number of rotatable bonds is 4. The van der Waals surface area contributed by atoms with Crippen LogP contribution >= 0.6 is 0 Å². The maximum absolute atomic E-state index is 12.9. The van der Waals surface area contributed by atoms with Gasteiger partial charge in [0.05, 0.1) is 0 Å². The Morgan fingerprint density at radius 3 is 2.25 bits per heavy atom. The third kappa shape index (κ3) is 5.68. The van der Waals surface area contributed by atoms with Crippen molar-refractivity contribution in [1.29, 1.82) is 0 Å². The van der Waals surface area contributed by atoms with Gasteiger partial charge in [0.1, 0.15) is 5.82 Å². The Hall–Kier alpha value is -2.64. The van der Waals surface area contributed by atoms with Crippen LogP contribution in [0.3, 0.4) is 0 Å². The highest BCUT2D eigenvalue weighted by molar-refractivity contribution is 6.35. The Kier molecular flexibility index (Phi) is 6.84. The number of carbonyl (C=O) groups excluding carboxylic acids is 3. The molecule has 3 rings (SSSR count). The van der Waals surface area contributed by atoms with Crippen LogP contribution in [-0.4, -0.2) is 48.4 Å². The second-order valence-corrected chi connectivity index (χ2v) is 7.53. The summed E-state index contributed by atoms with van der Waals surface area (Å²) in [5.41, 5.74) is 0.550. The van der Waals surface area contributed by atoms with Crippen molar-refractivity contribution in [3.05, 3.63) is 30.1 Å². The predicted octanol–water partition coefficient (Wildman–Crippen LogP) is 2.24. The summed E-state index contributed by atoms with van der Waals surface area (Å²) in [6.07, 6.45) is 5.58. The molecular weight excluding hydrogens is 363 g/mol. The van der Waals surface area contributed by atoms with Crippen LogP contribution in [0, 0.1) is 11.7 Å². The fourth-order valence-electron chi connectivity index (χ4n) is 3.71. The largest absolute Gasteiger partial charge is 0.348 e. The Bertz CT molecular complexity index is 696. The first-order valence-corrected chi connectivity index (χ1v) is 9.91. The molecule has 1 aromatic rings. The van der Waals surface area contributed by atoms with Crippen LogP contribution < -0.4 is 16.0 Å². The molecule has 4 amide bonds. The van der Waals surface area contributed by atoms with Crippen molar-refractivity contribution in [2.75, 3.05) is 25.0 Å². The van der Waals surface area contributed by atoms with E-state index >= 15 is 0 Å². The molecular formula is C20H27FN4O3. The van der Waals surface area contributed by atoms with Crippen LogP contribution in [0.2, 0.25) is 0 Å². The predicted molar refractivity (Wildman–Crippen MR) is 103 cm³/mol. The second-order valence-electron chi connectivity index (χ2n) is 7.53. The number of likely N-dealkylation sites (tertiary alicyclic amines) is 1. The molecule has 0 atom stereocenters. The van der Waals surface area contributed by atoms with E-state index in [0.29, 0.717) is 25.3 Å². The summed E-state index contributed by atoms with van der Waals surface area (Å²) >= 11 is 0. The minimum Gasteiger partial charge on any atom is -0.348 e. The third-order valence-electron chi connectivity index (χ3n) is 5.45. The highest BCUT2D eigenvalue weighted by Crippen LogP contribution is 2.19. The molecule has 1 saturated carbocycles. The van der Waals surface area contributed by atoms with E-state index in [9.17, 15) is 18.8 Å². The maximum Gasteiger partial charge on any atom is 0.321 e. The number of amides is 4. The van der Waals surface area contributed by atoms with Crippen LogP contribution in [0.25, 0.3) is 0 Å². The Balaban J connectivity index is 1.35. The molecule has 2 aliphatic rings. The maximum atomic E-state index is 12.9. The van der Waals surface area contributed by atoms with Crippen molar-refractivity contribution < 1.29 is 18.8 Å². The molecule has 2 fully saturated rings. The van der Waals surface area contributed by atoms with Gasteiger partial charge in [-0.15, -0.1) is 0 Å². The van der Waals surface area contributed by atoms with Crippen molar-refractivity contribution in [1.82, 2.24) is 15.5 Å². The van der Waals surface area contributed by atoms with Gasteiger partial charge in [0.15, 0.2) is 0 Å². The lowest BCUT2D eigenvalue weighted by molar-refractivity contribution is -0.139. The number of hydrogen-bond donors (Lipinski definition) is 3. The standard InChI is InChI=1S/C20H27FN4O3/c21-15-5-7-17(8-6-15)24-20(28)25-11-9-14(10-12-25)13-22-18(26)19(27)23-16-3-1-2-4-16/h5-8,14,16H,1-4,9-13H2,(H,22,26)(H,23,27)(H,24,28). The zero-order valence-corrected chi connectivity index (χ0v) is 15.9. The fourth-order valence-corrected chi connectivity index (χ4v) is 3.71. The van der Waals surface area contributed by atoms with Gasteiger partial charge in [-0.25, -0.2) is 9.18 Å². The van der Waals surface area contributed by atoms with E-state index in [1.54, 1.807) is 4.90 Å². The van der Waals surface area contributed by atoms with Crippen molar-refractivity contribution >= 4 is 23.5 Å². The first kappa shape index (κ1) is 20.1. The molecule has 0 radical (unpaired) electrons. The van der Waals surface area contributed by atoms with E-state index in [1.165, 1.54) is 24.3 Å². The summed E-state index contributed by atoms with van der Waals surface area (Å²) in [6, 6.07) is 5.55. The van der Waals surface area contributed by atoms with E-state index in [1.807, 2.05) is 0 Å². The monoisotopic (exact) mass is 390 g/mol. The molecule has 1 heterocycles. The minimum absolute atomic E-state index is 0.126. The van der Waals surface area contributed by atoms with Gasteiger partial charge in [0, 0.05) is 31.4 Å². The summed E-state index contributed by atoms with van der Waals surface area (Å²) in [5, 5.41) is 8.24. The van der Waals surface area contributed by atoms with Gasteiger partial charge >= 0.3 is 17.8 Å². The van der Waals surface area contributed by atoms with Gasteiger partial charge < -0.3 is 20.9 Å². The van der Waals surface area contributed by atoms with E-state index in [2.05, 4.69) is 16.0 Å². The Labute approximate surface area is 164 Å². The first-order valence-electron chi connectivity index (χ1n) is 9.91. The van der Waals surface area contributed by atoms with Crippen LogP contribution in [-0.2, 0) is 9.59 Å². The normalized spacial score (nSPS) is 18.0. The van der Waals surface area contributed by atoms with Crippen LogP contribution in [0.15, 0.2) is 24.3 Å². The molecule has 0 spiro atoms. The summed E-state index contributed by atoms with van der Waals surface area (Å²) in [5.74, 6) is -1.25. The molecule has 28 heavy (non-hydrogen) atoms. The average Bonchev–Trinajstić information content (AvgIpc) is 3.21. The Morgan fingerprint density at radius 1 is 0.964 bits per heavy atom. The van der Waals surface area contributed by atoms with E-state index in [4.69, 9.17) is 0 Å². The molecule has 3 N–H and O–H groups in total. The molecule has 7 nitrogen and oxygen atoms in total. The molecule has 0 aromatic heterocycles. The smallest absolute Gasteiger partial charge is 0.321 e. The van der Waals surface area contributed by atoms with Crippen molar-refractivity contribution in [2.45, 2.75) is 44.6 Å². The number of nitrogens with one attached hydrogen (secondary N) is 3. The Morgan fingerprint density at radius 2 is 1.61 bits per heavy atom. The lowest BCUT2D eigenvalue weighted by Gasteiger charge is -2.32. The quantitative estimate of drug-likeness (QED) is 0.689. The zero-order chi connectivity index (χ0) is 19.9. The zero-order valence-electron chi connectivity index (χ0n) is 15.9. The number of anilines is 1. The molecule has 1 aromatic carbocycles. The van der Waals surface area contributed by atoms with Gasteiger partial charge in [0.2, 0.25) is 0 Å². The summed E-state index contributed by atoms with van der Waals surface area (Å²) in [6.45, 7) is 1.58. The number of urea groups is 1. The molecule has 0 unspecified atom stereocenters. The lowest BCUT2D eigenvalue weighted by atomic mass is 9.97. The van der Waals surface area contributed by atoms with E-state index < -0.39 is 11.8 Å². The van der Waals surface area contributed by atoms with E-state index in [0.717, 1.165) is 38.5 Å². The van der Waals surface area contributed by atoms with E-state index in [-0.39, 0.29) is 23.8 Å². The molecule has 1 aliphatic heterocycles. The topological polar surface area (TPSA) is 90.5 Å². The second kappa shape index (κ2) is 9.52. The number of piperidine rings is 1. The number of hydrogen-bond acceptors (Lipinski definition) is 3. The summed E-state index contributed by atoms with van der Waals surface area (Å²) in [4.78, 5) is 37.8. The van der Waals surface area contributed by atoms with Crippen LogP contribution in [0.1, 0.15) is 38.5 Å². The highest BCUT2D eigenvalue weighted by Gasteiger charge is 2.25. The summed E-state index contributed by atoms with van der Waals surface area (Å²) < 4.78 is 12.9. The van der Waals surface area contributed by atoms with Crippen LogP contribution in [0.5, 0.6) is 0 Å². The highest BCUT2D eigenvalue weighted by atomic mass is 19.1. The van der Waals surface area contributed by atoms with Crippen molar-refractivity contribution in [2.24, 2.45) is 5.92 Å². The van der Waals surface area contributed by atoms with Crippen LogP contribution in [0.4, 0.5) is 14.9 Å². The molecule has 152 valence electrons. The minimum atomic E-state index is -0.580. The average molecular weight is 390 g/mol. The molecule has 1 aliphatic carbocycles. The van der Waals surface area contributed by atoms with Gasteiger partial charge in [0.25, 0.3) is 0 Å². The number of carbonyl (C=O) groups is 3. The van der Waals surface area contributed by atoms with Gasteiger partial charge in [-0.1, -0.05) is 12.8 Å². The number of halogens is 1. The SMILES string of the molecule is O=C(NCC1CCN(C(=O)Nc2ccc(F)cc2)CC1)C(=O)NC1CCCC1. The third-order valence-corrected chi connectivity index (χ3v) is 5.45. The lowest BCUT2D eigenvalue weighted by Crippen LogP contribution is -2.47.